The minimum Gasteiger partial charge on any atom is -0.481 e. The highest BCUT2D eigenvalue weighted by Gasteiger charge is 2.60. The number of benzene rings is 2. The fraction of sp³-hybridized carbons (Fsp3) is 0.462. The normalized spacial score (nSPS) is 25.7. The number of hydrogen-bond acceptors (Lipinski definition) is 2. The third kappa shape index (κ3) is 4.15. The van der Waals surface area contributed by atoms with E-state index < -0.39 is 17.3 Å². The highest BCUT2D eigenvalue weighted by atomic mass is 35.5. The topological polar surface area (TPSA) is 66.4 Å². The van der Waals surface area contributed by atoms with E-state index in [9.17, 15) is 14.7 Å². The molecule has 2 N–H and O–H groups in total. The Kier molecular flexibility index (Phi) is 6.06. The molecule has 0 aliphatic heterocycles. The minimum absolute atomic E-state index is 0.0176. The number of amides is 1. The minimum atomic E-state index is -0.849. The average Bonchev–Trinajstić information content (AvgIpc) is 2.93. The van der Waals surface area contributed by atoms with Crippen LogP contribution in [0, 0.1) is 17.8 Å². The Morgan fingerprint density at radius 2 is 1.84 bits per heavy atom. The van der Waals surface area contributed by atoms with Crippen molar-refractivity contribution in [2.24, 2.45) is 10.8 Å². The van der Waals surface area contributed by atoms with Crippen molar-refractivity contribution >= 4 is 35.1 Å². The van der Waals surface area contributed by atoms with Crippen LogP contribution in [0.15, 0.2) is 36.4 Å². The lowest BCUT2D eigenvalue weighted by atomic mass is 9.54. The van der Waals surface area contributed by atoms with Crippen molar-refractivity contribution in [3.63, 3.8) is 0 Å². The maximum absolute atomic E-state index is 13.8. The van der Waals surface area contributed by atoms with Gasteiger partial charge in [0.1, 0.15) is 0 Å². The van der Waals surface area contributed by atoms with Gasteiger partial charge in [-0.3, -0.25) is 9.59 Å². The van der Waals surface area contributed by atoms with Gasteiger partial charge in [-0.1, -0.05) is 55.2 Å². The fourth-order valence-corrected chi connectivity index (χ4v) is 6.92. The van der Waals surface area contributed by atoms with Crippen LogP contribution in [0.1, 0.15) is 73.6 Å². The molecule has 1 saturated carbocycles. The highest BCUT2D eigenvalue weighted by Crippen LogP contribution is 2.67. The van der Waals surface area contributed by atoms with Gasteiger partial charge >= 0.3 is 5.97 Å². The predicted octanol–water partition coefficient (Wildman–Crippen LogP) is 6.47. The summed E-state index contributed by atoms with van der Waals surface area (Å²) in [7, 11) is 0. The molecule has 1 fully saturated rings. The molecule has 1 amide bonds. The zero-order valence-electron chi connectivity index (χ0n) is 18.7. The molecular formula is C26H29Cl2NO3. The van der Waals surface area contributed by atoms with E-state index in [0.717, 1.165) is 35.1 Å². The molecule has 2 aromatic carbocycles. The molecule has 4 rings (SSSR count). The number of carbonyl (C=O) groups is 2. The van der Waals surface area contributed by atoms with Crippen LogP contribution in [-0.4, -0.2) is 17.0 Å². The predicted molar refractivity (Wildman–Crippen MR) is 127 cm³/mol. The molecule has 2 aliphatic carbocycles. The molecule has 170 valence electrons. The highest BCUT2D eigenvalue weighted by molar-refractivity contribution is 6.34. The summed E-state index contributed by atoms with van der Waals surface area (Å²) in [6.45, 7) is 6.68. The molecule has 4 nitrogen and oxygen atoms in total. The SMILES string of the molecule is Cc1cccc2c1[C@H](C(=O)NCc1cc(Cl)cc(Cl)c1)[C@]1(CC(=O)O)CC(C)(C)CC[C@@H]21. The number of carboxylic acids is 1. The maximum atomic E-state index is 13.8. The second-order valence-electron chi connectivity index (χ2n) is 10.2. The second-order valence-corrected chi connectivity index (χ2v) is 11.1. The summed E-state index contributed by atoms with van der Waals surface area (Å²) >= 11 is 12.2. The van der Waals surface area contributed by atoms with Gasteiger partial charge in [0.25, 0.3) is 0 Å². The van der Waals surface area contributed by atoms with Gasteiger partial charge < -0.3 is 10.4 Å². The third-order valence-electron chi connectivity index (χ3n) is 7.34. The van der Waals surface area contributed by atoms with E-state index in [0.29, 0.717) is 16.5 Å². The van der Waals surface area contributed by atoms with E-state index in [4.69, 9.17) is 23.2 Å². The Bertz CT molecular complexity index is 1060. The van der Waals surface area contributed by atoms with E-state index >= 15 is 0 Å². The summed E-state index contributed by atoms with van der Waals surface area (Å²) in [4.78, 5) is 25.9. The smallest absolute Gasteiger partial charge is 0.303 e. The van der Waals surface area contributed by atoms with Crippen molar-refractivity contribution in [3.05, 3.63) is 68.7 Å². The van der Waals surface area contributed by atoms with Crippen LogP contribution in [0.3, 0.4) is 0 Å². The van der Waals surface area contributed by atoms with Gasteiger partial charge in [-0.2, -0.15) is 0 Å². The first-order valence-corrected chi connectivity index (χ1v) is 11.8. The molecule has 0 radical (unpaired) electrons. The number of carboxylic acid groups (broad SMARTS) is 1. The third-order valence-corrected chi connectivity index (χ3v) is 7.78. The van der Waals surface area contributed by atoms with Crippen LogP contribution in [0.2, 0.25) is 10.0 Å². The number of rotatable bonds is 5. The van der Waals surface area contributed by atoms with Crippen molar-refractivity contribution in [1.29, 1.82) is 0 Å². The van der Waals surface area contributed by atoms with Crippen molar-refractivity contribution in [2.45, 2.75) is 64.8 Å². The zero-order chi connectivity index (χ0) is 23.3. The van der Waals surface area contributed by atoms with Gasteiger partial charge in [0.05, 0.1) is 12.3 Å². The quantitative estimate of drug-likeness (QED) is 0.522. The molecular weight excluding hydrogens is 445 g/mol. The summed E-state index contributed by atoms with van der Waals surface area (Å²) < 4.78 is 0. The summed E-state index contributed by atoms with van der Waals surface area (Å²) in [5, 5.41) is 14.0. The van der Waals surface area contributed by atoms with Crippen LogP contribution in [-0.2, 0) is 16.1 Å². The van der Waals surface area contributed by atoms with Gasteiger partial charge in [-0.15, -0.1) is 0 Å². The van der Waals surface area contributed by atoms with Gasteiger partial charge in [0, 0.05) is 22.0 Å². The van der Waals surface area contributed by atoms with Crippen LogP contribution < -0.4 is 5.32 Å². The van der Waals surface area contributed by atoms with Gasteiger partial charge in [-0.05, 0) is 78.0 Å². The molecule has 2 aromatic rings. The summed E-state index contributed by atoms with van der Waals surface area (Å²) in [6.07, 6.45) is 2.59. The largest absolute Gasteiger partial charge is 0.481 e. The Morgan fingerprint density at radius 3 is 2.50 bits per heavy atom. The molecule has 0 spiro atoms. The van der Waals surface area contributed by atoms with Crippen molar-refractivity contribution in [2.75, 3.05) is 0 Å². The van der Waals surface area contributed by atoms with E-state index in [2.05, 4.69) is 25.2 Å². The van der Waals surface area contributed by atoms with E-state index in [1.165, 1.54) is 0 Å². The Labute approximate surface area is 199 Å². The number of fused-ring (bicyclic) bond motifs is 3. The lowest BCUT2D eigenvalue weighted by molar-refractivity contribution is -0.143. The maximum Gasteiger partial charge on any atom is 0.303 e. The molecule has 0 unspecified atom stereocenters. The molecule has 6 heteroatoms. The Morgan fingerprint density at radius 1 is 1.16 bits per heavy atom. The molecule has 32 heavy (non-hydrogen) atoms. The number of hydrogen-bond donors (Lipinski definition) is 2. The number of aryl methyl sites for hydroxylation is 1. The van der Waals surface area contributed by atoms with E-state index in [1.54, 1.807) is 18.2 Å². The lowest BCUT2D eigenvalue weighted by Gasteiger charge is -2.49. The summed E-state index contributed by atoms with van der Waals surface area (Å²) in [5.41, 5.74) is 3.35. The van der Waals surface area contributed by atoms with Crippen LogP contribution in [0.25, 0.3) is 0 Å². The van der Waals surface area contributed by atoms with E-state index in [-0.39, 0.29) is 30.2 Å². The number of aliphatic carboxylic acids is 1. The molecule has 0 heterocycles. The van der Waals surface area contributed by atoms with Gasteiger partial charge in [0.2, 0.25) is 5.91 Å². The number of carbonyl (C=O) groups excluding carboxylic acids is 1. The Balaban J connectivity index is 1.76. The zero-order valence-corrected chi connectivity index (χ0v) is 20.2. The van der Waals surface area contributed by atoms with Gasteiger partial charge in [0.15, 0.2) is 0 Å². The fourth-order valence-electron chi connectivity index (χ4n) is 6.35. The van der Waals surface area contributed by atoms with Gasteiger partial charge in [-0.25, -0.2) is 0 Å². The molecule has 3 atom stereocenters. The first-order chi connectivity index (χ1) is 15.0. The monoisotopic (exact) mass is 473 g/mol. The van der Waals surface area contributed by atoms with Crippen LogP contribution >= 0.6 is 23.2 Å². The van der Waals surface area contributed by atoms with Crippen LogP contribution in [0.5, 0.6) is 0 Å². The molecule has 0 bridgehead atoms. The van der Waals surface area contributed by atoms with Crippen LogP contribution in [0.4, 0.5) is 0 Å². The average molecular weight is 474 g/mol. The Hall–Kier alpha value is -2.04. The number of nitrogens with one attached hydrogen (secondary N) is 1. The molecule has 2 aliphatic rings. The first kappa shape index (κ1) is 23.1. The molecule has 0 saturated heterocycles. The second kappa shape index (κ2) is 8.39. The van der Waals surface area contributed by atoms with Crippen molar-refractivity contribution in [3.8, 4) is 0 Å². The van der Waals surface area contributed by atoms with Crippen molar-refractivity contribution < 1.29 is 14.7 Å². The summed E-state index contributed by atoms with van der Waals surface area (Å²) in [5.74, 6) is -1.41. The lowest BCUT2D eigenvalue weighted by Crippen LogP contribution is -2.46. The summed E-state index contributed by atoms with van der Waals surface area (Å²) in [6, 6.07) is 11.3. The first-order valence-electron chi connectivity index (χ1n) is 11.1. The standard InChI is InChI=1S/C26H29Cl2NO3/c1-15-5-4-6-19-20-7-8-25(2,3)14-26(20,12-21(30)31)23(22(15)19)24(32)29-13-16-9-17(27)11-18(28)10-16/h4-6,9-11,20,23H,7-8,12-14H2,1-3H3,(H,29,32)(H,30,31)/t20-,23+,26+/m0/s1. The van der Waals surface area contributed by atoms with Crippen molar-refractivity contribution in [1.82, 2.24) is 5.32 Å². The molecule has 0 aromatic heterocycles. The number of halogens is 2. The van der Waals surface area contributed by atoms with E-state index in [1.807, 2.05) is 19.1 Å².